The Balaban J connectivity index is 1.40. The summed E-state index contributed by atoms with van der Waals surface area (Å²) in [4.78, 5) is 28.7. The average Bonchev–Trinajstić information content (AvgIpc) is 3.03. The highest BCUT2D eigenvalue weighted by molar-refractivity contribution is 5.89. The molecular weight excluding hydrogens is 330 g/mol. The number of piperidine rings is 1. The minimum Gasteiger partial charge on any atom is -0.383 e. The van der Waals surface area contributed by atoms with Gasteiger partial charge in [0.2, 0.25) is 11.8 Å². The first-order valence-corrected chi connectivity index (χ1v) is 9.49. The van der Waals surface area contributed by atoms with Crippen LogP contribution in [0.5, 0.6) is 0 Å². The molecule has 0 aliphatic carbocycles. The van der Waals surface area contributed by atoms with Crippen LogP contribution in [0.25, 0.3) is 0 Å². The molecule has 2 aliphatic heterocycles. The van der Waals surface area contributed by atoms with Gasteiger partial charge in [0.15, 0.2) is 0 Å². The molecule has 26 heavy (non-hydrogen) atoms. The molecule has 0 aromatic heterocycles. The normalized spacial score (nSPS) is 22.0. The summed E-state index contributed by atoms with van der Waals surface area (Å²) >= 11 is 0. The fourth-order valence-electron chi connectivity index (χ4n) is 3.76. The third-order valence-electron chi connectivity index (χ3n) is 5.33. The molecule has 0 radical (unpaired) electrons. The van der Waals surface area contributed by atoms with Crippen LogP contribution in [0.4, 0.5) is 0 Å². The molecule has 1 atom stereocenters. The molecule has 0 spiro atoms. The van der Waals surface area contributed by atoms with Crippen LogP contribution in [-0.2, 0) is 20.9 Å². The smallest absolute Gasteiger partial charge is 0.225 e. The predicted molar refractivity (Wildman–Crippen MR) is 99.4 cm³/mol. The first-order chi connectivity index (χ1) is 12.7. The third-order valence-corrected chi connectivity index (χ3v) is 5.33. The molecule has 6 nitrogen and oxygen atoms in total. The highest BCUT2D eigenvalue weighted by Gasteiger charge is 2.35. The molecule has 1 aromatic rings. The van der Waals surface area contributed by atoms with Gasteiger partial charge in [0.1, 0.15) is 0 Å². The molecule has 2 saturated heterocycles. The molecule has 2 aliphatic rings. The Morgan fingerprint density at radius 1 is 1.23 bits per heavy atom. The lowest BCUT2D eigenvalue weighted by molar-refractivity contribution is -0.129. The van der Waals surface area contributed by atoms with Gasteiger partial charge in [-0.25, -0.2) is 0 Å². The topological polar surface area (TPSA) is 61.9 Å². The summed E-state index contributed by atoms with van der Waals surface area (Å²) in [6.45, 7) is 4.54. The zero-order valence-electron chi connectivity index (χ0n) is 15.5. The van der Waals surface area contributed by atoms with Crippen molar-refractivity contribution >= 4 is 11.8 Å². The van der Waals surface area contributed by atoms with E-state index >= 15 is 0 Å². The number of nitrogens with one attached hydrogen (secondary N) is 1. The zero-order valence-corrected chi connectivity index (χ0v) is 15.5. The number of carbonyl (C=O) groups is 2. The highest BCUT2D eigenvalue weighted by atomic mass is 16.5. The minimum absolute atomic E-state index is 0.0276. The summed E-state index contributed by atoms with van der Waals surface area (Å²) in [5.41, 5.74) is 1.33. The Morgan fingerprint density at radius 2 is 1.96 bits per heavy atom. The van der Waals surface area contributed by atoms with Crippen molar-refractivity contribution in [2.24, 2.45) is 5.92 Å². The van der Waals surface area contributed by atoms with E-state index in [4.69, 9.17) is 4.74 Å². The van der Waals surface area contributed by atoms with Crippen LogP contribution in [0.3, 0.4) is 0 Å². The van der Waals surface area contributed by atoms with Crippen molar-refractivity contribution in [1.82, 2.24) is 15.1 Å². The second kappa shape index (κ2) is 9.14. The standard InChI is InChI=1S/C20H29N3O3/c1-26-12-11-23-15-17(13-19(23)24)20(25)21-18-7-9-22(10-8-18)14-16-5-3-2-4-6-16/h2-6,17-18H,7-15H2,1H3,(H,21,25). The number of amides is 2. The predicted octanol–water partition coefficient (Wildman–Crippen LogP) is 1.26. The summed E-state index contributed by atoms with van der Waals surface area (Å²) in [6.07, 6.45) is 2.25. The molecular formula is C20H29N3O3. The van der Waals surface area contributed by atoms with E-state index in [9.17, 15) is 9.59 Å². The lowest BCUT2D eigenvalue weighted by Gasteiger charge is -2.32. The van der Waals surface area contributed by atoms with Gasteiger partial charge in [-0.1, -0.05) is 30.3 Å². The summed E-state index contributed by atoms with van der Waals surface area (Å²) in [7, 11) is 1.62. The van der Waals surface area contributed by atoms with Crippen molar-refractivity contribution in [2.45, 2.75) is 31.8 Å². The highest BCUT2D eigenvalue weighted by Crippen LogP contribution is 2.19. The Bertz CT molecular complexity index is 600. The van der Waals surface area contributed by atoms with Crippen molar-refractivity contribution in [1.29, 1.82) is 0 Å². The zero-order chi connectivity index (χ0) is 18.4. The average molecular weight is 359 g/mol. The molecule has 1 aromatic carbocycles. The molecule has 2 fully saturated rings. The van der Waals surface area contributed by atoms with E-state index < -0.39 is 0 Å². The van der Waals surface area contributed by atoms with Crippen molar-refractivity contribution in [3.8, 4) is 0 Å². The van der Waals surface area contributed by atoms with Gasteiger partial charge in [-0.2, -0.15) is 0 Å². The van der Waals surface area contributed by atoms with E-state index in [0.717, 1.165) is 32.5 Å². The Hall–Kier alpha value is -1.92. The molecule has 3 rings (SSSR count). The van der Waals surface area contributed by atoms with Gasteiger partial charge in [0.25, 0.3) is 0 Å². The number of ether oxygens (including phenoxy) is 1. The molecule has 6 heteroatoms. The van der Waals surface area contributed by atoms with Crippen LogP contribution in [0, 0.1) is 5.92 Å². The molecule has 1 N–H and O–H groups in total. The fraction of sp³-hybridized carbons (Fsp3) is 0.600. The van der Waals surface area contributed by atoms with Crippen LogP contribution in [-0.4, -0.2) is 67.6 Å². The number of rotatable bonds is 7. The quantitative estimate of drug-likeness (QED) is 0.796. The van der Waals surface area contributed by atoms with Gasteiger partial charge < -0.3 is 15.0 Å². The van der Waals surface area contributed by atoms with Crippen molar-refractivity contribution in [3.63, 3.8) is 0 Å². The van der Waals surface area contributed by atoms with Crippen molar-refractivity contribution < 1.29 is 14.3 Å². The van der Waals surface area contributed by atoms with Gasteiger partial charge in [-0.15, -0.1) is 0 Å². The van der Waals surface area contributed by atoms with Crippen LogP contribution in [0.15, 0.2) is 30.3 Å². The van der Waals surface area contributed by atoms with E-state index in [2.05, 4.69) is 34.5 Å². The van der Waals surface area contributed by atoms with Crippen LogP contribution >= 0.6 is 0 Å². The minimum atomic E-state index is -0.221. The molecule has 2 amide bonds. The summed E-state index contributed by atoms with van der Waals surface area (Å²) < 4.78 is 5.02. The maximum Gasteiger partial charge on any atom is 0.225 e. The number of benzene rings is 1. The van der Waals surface area contributed by atoms with Crippen LogP contribution in [0.1, 0.15) is 24.8 Å². The number of likely N-dealkylation sites (tertiary alicyclic amines) is 2. The molecule has 1 unspecified atom stereocenters. The number of hydrogen-bond acceptors (Lipinski definition) is 4. The summed E-state index contributed by atoms with van der Waals surface area (Å²) in [6, 6.07) is 10.7. The Labute approximate surface area is 155 Å². The molecule has 0 bridgehead atoms. The van der Waals surface area contributed by atoms with Crippen LogP contribution in [0.2, 0.25) is 0 Å². The maximum atomic E-state index is 12.5. The van der Waals surface area contributed by atoms with Gasteiger partial charge in [-0.05, 0) is 18.4 Å². The summed E-state index contributed by atoms with van der Waals surface area (Å²) in [5, 5.41) is 3.17. The summed E-state index contributed by atoms with van der Waals surface area (Å²) in [5.74, 6) is -0.138. The monoisotopic (exact) mass is 359 g/mol. The Morgan fingerprint density at radius 3 is 2.65 bits per heavy atom. The fourth-order valence-corrected chi connectivity index (χ4v) is 3.76. The van der Waals surface area contributed by atoms with Gasteiger partial charge in [-0.3, -0.25) is 14.5 Å². The van der Waals surface area contributed by atoms with Gasteiger partial charge >= 0.3 is 0 Å². The third kappa shape index (κ3) is 5.05. The number of hydrogen-bond donors (Lipinski definition) is 1. The van der Waals surface area contributed by atoms with E-state index in [-0.39, 0.29) is 23.8 Å². The Kier molecular flexibility index (Phi) is 6.63. The number of nitrogens with zero attached hydrogens (tertiary/aromatic N) is 2. The van der Waals surface area contributed by atoms with Gasteiger partial charge in [0, 0.05) is 52.3 Å². The second-order valence-electron chi connectivity index (χ2n) is 7.28. The number of carbonyl (C=O) groups excluding carboxylic acids is 2. The second-order valence-corrected chi connectivity index (χ2v) is 7.28. The van der Waals surface area contributed by atoms with Crippen molar-refractivity contribution in [3.05, 3.63) is 35.9 Å². The van der Waals surface area contributed by atoms with E-state index in [0.29, 0.717) is 26.1 Å². The SMILES string of the molecule is COCCN1CC(C(=O)NC2CCN(Cc3ccccc3)CC2)CC1=O. The lowest BCUT2D eigenvalue weighted by Crippen LogP contribution is -2.46. The molecule has 0 saturated carbocycles. The lowest BCUT2D eigenvalue weighted by atomic mass is 10.0. The van der Waals surface area contributed by atoms with Gasteiger partial charge in [0.05, 0.1) is 12.5 Å². The van der Waals surface area contributed by atoms with Crippen LogP contribution < -0.4 is 5.32 Å². The largest absolute Gasteiger partial charge is 0.383 e. The van der Waals surface area contributed by atoms with E-state index in [1.165, 1.54) is 5.56 Å². The molecule has 142 valence electrons. The number of methoxy groups -OCH3 is 1. The van der Waals surface area contributed by atoms with E-state index in [1.807, 2.05) is 6.07 Å². The maximum absolute atomic E-state index is 12.5. The first kappa shape index (κ1) is 18.9. The van der Waals surface area contributed by atoms with Crippen molar-refractivity contribution in [2.75, 3.05) is 39.9 Å². The molecule has 2 heterocycles. The van der Waals surface area contributed by atoms with E-state index in [1.54, 1.807) is 12.0 Å². The first-order valence-electron chi connectivity index (χ1n) is 9.49.